The summed E-state index contributed by atoms with van der Waals surface area (Å²) in [6.07, 6.45) is 2.64. The van der Waals surface area contributed by atoms with E-state index in [1.807, 2.05) is 0 Å². The topological polar surface area (TPSA) is 157 Å². The Kier molecular flexibility index (Phi) is 10.9. The Morgan fingerprint density at radius 3 is 1.36 bits per heavy atom. The average Bonchev–Trinajstić information content (AvgIpc) is 2.79. The number of hydrogen-bond donors (Lipinski definition) is 4. The van der Waals surface area contributed by atoms with Crippen LogP contribution < -0.4 is 0 Å². The van der Waals surface area contributed by atoms with Crippen LogP contribution in [0.25, 0.3) is 0 Å². The summed E-state index contributed by atoms with van der Waals surface area (Å²) in [6, 6.07) is 15.4. The zero-order valence-corrected chi connectivity index (χ0v) is 18.9. The van der Waals surface area contributed by atoms with Gasteiger partial charge in [0.15, 0.2) is 0 Å². The maximum absolute atomic E-state index is 11.1. The van der Waals surface area contributed by atoms with Crippen molar-refractivity contribution in [1.29, 1.82) is 0 Å². The molecule has 9 nitrogen and oxygen atoms in total. The van der Waals surface area contributed by atoms with Gasteiger partial charge in [-0.15, -0.1) is 0 Å². The van der Waals surface area contributed by atoms with E-state index in [9.17, 15) is 19.8 Å². The molecule has 4 N–H and O–H groups in total. The van der Waals surface area contributed by atoms with E-state index < -0.39 is 23.4 Å². The number of aliphatic imine (C=N–C) groups is 2. The molecule has 1 radical (unpaired) electrons. The van der Waals surface area contributed by atoms with Crippen LogP contribution in [0, 0.1) is 0 Å². The molecule has 3 rings (SSSR count). The van der Waals surface area contributed by atoms with Gasteiger partial charge in [-0.3, -0.25) is 9.98 Å². The molecule has 0 fully saturated rings. The van der Waals surface area contributed by atoms with Crippen LogP contribution in [0.5, 0.6) is 11.5 Å². The number of carboxylic acid groups (broad SMARTS) is 2. The van der Waals surface area contributed by atoms with Gasteiger partial charge in [0.25, 0.3) is 0 Å². The van der Waals surface area contributed by atoms with Crippen LogP contribution in [-0.2, 0) is 38.1 Å². The van der Waals surface area contributed by atoms with Crippen molar-refractivity contribution in [2.45, 2.75) is 0 Å². The van der Waals surface area contributed by atoms with Crippen LogP contribution in [0.4, 0.5) is 11.4 Å². The third kappa shape index (κ3) is 6.96. The summed E-state index contributed by atoms with van der Waals surface area (Å²) < 4.78 is 8.19. The summed E-state index contributed by atoms with van der Waals surface area (Å²) in [5.41, 5.74) is 0.810. The second-order valence-electron chi connectivity index (χ2n) is 6.10. The van der Waals surface area contributed by atoms with Crippen LogP contribution in [0.3, 0.4) is 0 Å². The van der Waals surface area contributed by atoms with E-state index in [-0.39, 0.29) is 39.3 Å². The zero-order chi connectivity index (χ0) is 23.7. The molecule has 0 heterocycles. The van der Waals surface area contributed by atoms with Gasteiger partial charge >= 0.3 is 33.0 Å². The predicted molar refractivity (Wildman–Crippen MR) is 112 cm³/mol. The Morgan fingerprint density at radius 1 is 0.667 bits per heavy atom. The number of phenols is 2. The van der Waals surface area contributed by atoms with E-state index >= 15 is 0 Å². The van der Waals surface area contributed by atoms with E-state index in [0.29, 0.717) is 11.4 Å². The standard InChI is InChI=1S/C22H16N2O6.Cu.O.V/c25-19-13(5-3-7-15(19)21(27)28)11-23-17-9-1-2-10-18(17)24-12-14-6-4-8-16(20(14)26)22(29)30;;;/h1-12,25-26H,(H,27,28)(H,29,30);;;. The van der Waals surface area contributed by atoms with Gasteiger partial charge in [0, 0.05) is 40.6 Å². The van der Waals surface area contributed by atoms with E-state index in [4.69, 9.17) is 13.9 Å². The average molecular weight is 535 g/mol. The molecule has 0 aliphatic heterocycles. The van der Waals surface area contributed by atoms with Crippen molar-refractivity contribution in [2.75, 3.05) is 0 Å². The van der Waals surface area contributed by atoms with Crippen molar-refractivity contribution in [3.8, 4) is 11.5 Å². The van der Waals surface area contributed by atoms with Crippen molar-refractivity contribution in [3.63, 3.8) is 0 Å². The Hall–Kier alpha value is -3.56. The Balaban J connectivity index is 0.00000177. The van der Waals surface area contributed by atoms with Gasteiger partial charge in [-0.25, -0.2) is 9.59 Å². The third-order valence-corrected chi connectivity index (χ3v) is 4.16. The first-order valence-electron chi connectivity index (χ1n) is 8.84. The second kappa shape index (κ2) is 13.1. The van der Waals surface area contributed by atoms with E-state index in [1.54, 1.807) is 24.3 Å². The van der Waals surface area contributed by atoms with Gasteiger partial charge in [-0.2, -0.15) is 0 Å². The number of carboxylic acids is 2. The first kappa shape index (κ1) is 27.5. The molecule has 0 atom stereocenters. The number of rotatable bonds is 6. The number of carbonyl (C=O) groups is 2. The first-order chi connectivity index (χ1) is 15.4. The zero-order valence-electron chi connectivity index (χ0n) is 16.6. The molecule has 0 saturated carbocycles. The molecular formula is C22H16CuN2O7V. The minimum absolute atomic E-state index is 0. The van der Waals surface area contributed by atoms with Gasteiger partial charge in [-0.1, -0.05) is 24.3 Å². The fraction of sp³-hybridized carbons (Fsp3) is 0. The quantitative estimate of drug-likeness (QED) is 0.276. The van der Waals surface area contributed by atoms with Gasteiger partial charge in [0.1, 0.15) is 22.6 Å². The summed E-state index contributed by atoms with van der Waals surface area (Å²) in [5, 5.41) is 38.4. The van der Waals surface area contributed by atoms with Crippen molar-refractivity contribution < 1.29 is 68.1 Å². The molecule has 0 aliphatic rings. The molecule has 172 valence electrons. The predicted octanol–water partition coefficient (Wildman–Crippen LogP) is 3.87. The fourth-order valence-electron chi connectivity index (χ4n) is 2.64. The van der Waals surface area contributed by atoms with Crippen LogP contribution in [0.2, 0.25) is 0 Å². The molecule has 0 amide bonds. The Bertz CT molecular complexity index is 1120. The Morgan fingerprint density at radius 2 is 1.03 bits per heavy atom. The molecule has 0 bridgehead atoms. The van der Waals surface area contributed by atoms with E-state index in [2.05, 4.69) is 9.98 Å². The maximum atomic E-state index is 11.1. The summed E-state index contributed by atoms with van der Waals surface area (Å²) >= 11 is 1.06. The summed E-state index contributed by atoms with van der Waals surface area (Å²) in [6.45, 7) is 0. The van der Waals surface area contributed by atoms with Crippen molar-refractivity contribution in [2.24, 2.45) is 9.98 Å². The summed E-state index contributed by atoms with van der Waals surface area (Å²) in [7, 11) is 0. The number of aromatic carboxylic acids is 2. The number of para-hydroxylation sites is 4. The Labute approximate surface area is 207 Å². The molecule has 0 spiro atoms. The number of aromatic hydroxyl groups is 2. The van der Waals surface area contributed by atoms with Crippen LogP contribution >= 0.6 is 0 Å². The third-order valence-electron chi connectivity index (χ3n) is 4.16. The van der Waals surface area contributed by atoms with Gasteiger partial charge in [-0.05, 0) is 36.4 Å². The summed E-state index contributed by atoms with van der Waals surface area (Å²) in [4.78, 5) is 30.8. The molecule has 0 aromatic heterocycles. The van der Waals surface area contributed by atoms with Crippen LogP contribution in [-0.4, -0.2) is 44.8 Å². The van der Waals surface area contributed by atoms with E-state index in [1.165, 1.54) is 48.8 Å². The number of hydrogen-bond acceptors (Lipinski definition) is 7. The molecule has 3 aromatic carbocycles. The van der Waals surface area contributed by atoms with Gasteiger partial charge < -0.3 is 20.4 Å². The minimum atomic E-state index is -1.25. The van der Waals surface area contributed by atoms with Crippen molar-refractivity contribution in [3.05, 3.63) is 82.9 Å². The molecule has 0 unspecified atom stereocenters. The van der Waals surface area contributed by atoms with Gasteiger partial charge in [0.2, 0.25) is 0 Å². The molecule has 0 aliphatic carbocycles. The molecule has 3 aromatic rings. The van der Waals surface area contributed by atoms with Gasteiger partial charge in [0.05, 0.1) is 11.4 Å². The van der Waals surface area contributed by atoms with Crippen LogP contribution in [0.1, 0.15) is 31.8 Å². The SMILES string of the molecule is O=C(O)c1cccc(C=Nc2ccccc2N=Cc2cccc(C(=O)O)c2O)c1O.[Cu].[O]=[V]. The molecular weight excluding hydrogens is 519 g/mol. The van der Waals surface area contributed by atoms with Crippen molar-refractivity contribution in [1.82, 2.24) is 0 Å². The molecule has 33 heavy (non-hydrogen) atoms. The first-order valence-corrected chi connectivity index (χ1v) is 9.41. The van der Waals surface area contributed by atoms with Crippen LogP contribution in [0.15, 0.2) is 70.6 Å². The fourth-order valence-corrected chi connectivity index (χ4v) is 2.64. The number of benzene rings is 3. The van der Waals surface area contributed by atoms with E-state index in [0.717, 1.165) is 17.4 Å². The monoisotopic (exact) mass is 534 g/mol. The normalized spacial score (nSPS) is 10.3. The second-order valence-corrected chi connectivity index (χ2v) is 6.10. The van der Waals surface area contributed by atoms with Crippen molar-refractivity contribution >= 4 is 35.7 Å². The molecule has 11 heteroatoms. The number of nitrogens with zero attached hydrogens (tertiary/aromatic N) is 2. The summed E-state index contributed by atoms with van der Waals surface area (Å²) in [5.74, 6) is -3.30. The molecule has 0 saturated heterocycles.